The summed E-state index contributed by atoms with van der Waals surface area (Å²) < 4.78 is 0. The lowest BCUT2D eigenvalue weighted by Crippen LogP contribution is -2.24. The summed E-state index contributed by atoms with van der Waals surface area (Å²) in [5.74, 6) is 0.670. The quantitative estimate of drug-likeness (QED) is 0.737. The van der Waals surface area contributed by atoms with Crippen molar-refractivity contribution in [2.75, 3.05) is 5.32 Å². The fraction of sp³-hybridized carbons (Fsp3) is 0.105. The van der Waals surface area contributed by atoms with Crippen LogP contribution < -0.4 is 10.6 Å². The second-order valence-corrected chi connectivity index (χ2v) is 5.54. The van der Waals surface area contributed by atoms with Crippen LogP contribution in [0.3, 0.4) is 0 Å². The molecule has 7 heteroatoms. The first-order chi connectivity index (χ1) is 12.6. The summed E-state index contributed by atoms with van der Waals surface area (Å²) in [7, 11) is 0. The second-order valence-electron chi connectivity index (χ2n) is 5.54. The number of benzene rings is 1. The van der Waals surface area contributed by atoms with E-state index >= 15 is 0 Å². The van der Waals surface area contributed by atoms with Crippen molar-refractivity contribution in [3.05, 3.63) is 77.5 Å². The van der Waals surface area contributed by atoms with E-state index < -0.39 is 0 Å². The molecule has 0 aliphatic carbocycles. The molecule has 26 heavy (non-hydrogen) atoms. The number of hydrogen-bond donors (Lipinski definition) is 2. The van der Waals surface area contributed by atoms with Gasteiger partial charge in [0.05, 0.1) is 11.6 Å². The molecule has 7 nitrogen and oxygen atoms in total. The van der Waals surface area contributed by atoms with Crippen molar-refractivity contribution < 1.29 is 4.79 Å². The molecule has 2 N–H and O–H groups in total. The molecule has 0 fully saturated rings. The van der Waals surface area contributed by atoms with E-state index in [4.69, 9.17) is 5.26 Å². The van der Waals surface area contributed by atoms with Crippen molar-refractivity contribution in [3.63, 3.8) is 0 Å². The van der Waals surface area contributed by atoms with Crippen LogP contribution in [-0.2, 0) is 6.54 Å². The monoisotopic (exact) mass is 344 g/mol. The van der Waals surface area contributed by atoms with Gasteiger partial charge in [-0.05, 0) is 42.8 Å². The molecule has 1 amide bonds. The molecule has 0 unspecified atom stereocenters. The first-order valence-corrected chi connectivity index (χ1v) is 7.94. The van der Waals surface area contributed by atoms with Crippen LogP contribution in [0.1, 0.15) is 27.4 Å². The maximum absolute atomic E-state index is 12.4. The van der Waals surface area contributed by atoms with Crippen LogP contribution in [0.25, 0.3) is 0 Å². The predicted molar refractivity (Wildman–Crippen MR) is 96.6 cm³/mol. The van der Waals surface area contributed by atoms with Gasteiger partial charge in [-0.1, -0.05) is 6.07 Å². The lowest BCUT2D eigenvalue weighted by Gasteiger charge is -2.09. The molecule has 0 saturated heterocycles. The van der Waals surface area contributed by atoms with Gasteiger partial charge in [-0.2, -0.15) is 5.26 Å². The number of hydrogen-bond acceptors (Lipinski definition) is 6. The molecule has 2 aromatic heterocycles. The van der Waals surface area contributed by atoms with Gasteiger partial charge in [0.25, 0.3) is 5.91 Å². The molecule has 3 rings (SSSR count). The van der Waals surface area contributed by atoms with Crippen molar-refractivity contribution in [2.24, 2.45) is 0 Å². The molecule has 0 aliphatic rings. The van der Waals surface area contributed by atoms with Crippen LogP contribution in [0.15, 0.2) is 54.9 Å². The van der Waals surface area contributed by atoms with E-state index in [9.17, 15) is 4.79 Å². The van der Waals surface area contributed by atoms with Crippen LogP contribution in [0, 0.1) is 18.3 Å². The molecular formula is C19H16N6O. The first-order valence-electron chi connectivity index (χ1n) is 7.94. The fourth-order valence-electron chi connectivity index (χ4n) is 2.34. The minimum Gasteiger partial charge on any atom is -0.347 e. The summed E-state index contributed by atoms with van der Waals surface area (Å²) in [4.78, 5) is 24.8. The lowest BCUT2D eigenvalue weighted by molar-refractivity contribution is 0.0945. The summed E-state index contributed by atoms with van der Waals surface area (Å²) >= 11 is 0. The topological polar surface area (TPSA) is 104 Å². The van der Waals surface area contributed by atoms with Gasteiger partial charge < -0.3 is 10.6 Å². The molecule has 3 aromatic rings. The second kappa shape index (κ2) is 7.85. The molecular weight excluding hydrogens is 328 g/mol. The highest BCUT2D eigenvalue weighted by atomic mass is 16.1. The summed E-state index contributed by atoms with van der Waals surface area (Å²) in [5.41, 5.74) is 2.47. The van der Waals surface area contributed by atoms with Crippen LogP contribution in [0.5, 0.6) is 0 Å². The van der Waals surface area contributed by atoms with E-state index in [1.807, 2.05) is 18.2 Å². The minimum absolute atomic E-state index is 0.269. The van der Waals surface area contributed by atoms with E-state index in [0.717, 1.165) is 5.56 Å². The Morgan fingerprint density at radius 3 is 2.73 bits per heavy atom. The number of nitrogens with zero attached hydrogens (tertiary/aromatic N) is 4. The number of amides is 1. The highest BCUT2D eigenvalue weighted by Gasteiger charge is 2.11. The minimum atomic E-state index is -0.291. The van der Waals surface area contributed by atoms with Gasteiger partial charge in [0.15, 0.2) is 0 Å². The number of pyridine rings is 1. The standard InChI is InChI=1S/C19H16N6O/c1-13-23-17(19(26)22-12-14-5-7-21-8-6-14)10-18(24-13)25-16-4-2-3-15(9-16)11-20/h2-10H,12H2,1H3,(H,22,26)(H,23,24,25). The van der Waals surface area contributed by atoms with E-state index in [0.29, 0.717) is 29.4 Å². The summed E-state index contributed by atoms with van der Waals surface area (Å²) in [6.45, 7) is 2.11. The van der Waals surface area contributed by atoms with Crippen LogP contribution in [-0.4, -0.2) is 20.9 Å². The van der Waals surface area contributed by atoms with Crippen molar-refractivity contribution >= 4 is 17.4 Å². The van der Waals surface area contributed by atoms with E-state index in [1.165, 1.54) is 0 Å². The third-order valence-corrected chi connectivity index (χ3v) is 3.54. The Morgan fingerprint density at radius 1 is 1.15 bits per heavy atom. The number of rotatable bonds is 5. The van der Waals surface area contributed by atoms with Gasteiger partial charge in [-0.3, -0.25) is 9.78 Å². The van der Waals surface area contributed by atoms with E-state index in [1.54, 1.807) is 43.6 Å². The third-order valence-electron chi connectivity index (χ3n) is 3.54. The number of carbonyl (C=O) groups excluding carboxylic acids is 1. The Kier molecular flexibility index (Phi) is 5.15. The Morgan fingerprint density at radius 2 is 1.96 bits per heavy atom. The number of carbonyl (C=O) groups is 1. The number of nitrogens with one attached hydrogen (secondary N) is 2. The lowest BCUT2D eigenvalue weighted by atomic mass is 10.2. The molecule has 128 valence electrons. The number of nitriles is 1. The maximum Gasteiger partial charge on any atom is 0.270 e. The smallest absolute Gasteiger partial charge is 0.270 e. The zero-order valence-electron chi connectivity index (χ0n) is 14.1. The number of aryl methyl sites for hydroxylation is 1. The Hall–Kier alpha value is -3.79. The SMILES string of the molecule is Cc1nc(Nc2cccc(C#N)c2)cc(C(=O)NCc2ccncc2)n1. The molecule has 0 spiro atoms. The van der Waals surface area contributed by atoms with Crippen LogP contribution in [0.4, 0.5) is 11.5 Å². The molecule has 0 aliphatic heterocycles. The summed E-state index contributed by atoms with van der Waals surface area (Å²) in [5, 5.41) is 14.9. The number of aromatic nitrogens is 3. The first kappa shape index (κ1) is 17.0. The normalized spacial score (nSPS) is 10.0. The van der Waals surface area contributed by atoms with Crippen molar-refractivity contribution in [1.29, 1.82) is 5.26 Å². The third kappa shape index (κ3) is 4.39. The highest BCUT2D eigenvalue weighted by Crippen LogP contribution is 2.17. The molecule has 2 heterocycles. The Labute approximate surface area is 150 Å². The number of anilines is 2. The van der Waals surface area contributed by atoms with Gasteiger partial charge in [0.2, 0.25) is 0 Å². The Balaban J connectivity index is 1.74. The average Bonchev–Trinajstić information content (AvgIpc) is 2.66. The van der Waals surface area contributed by atoms with E-state index in [-0.39, 0.29) is 11.6 Å². The molecule has 0 radical (unpaired) electrons. The van der Waals surface area contributed by atoms with Crippen LogP contribution in [0.2, 0.25) is 0 Å². The zero-order chi connectivity index (χ0) is 18.4. The van der Waals surface area contributed by atoms with Gasteiger partial charge in [-0.15, -0.1) is 0 Å². The Bertz CT molecular complexity index is 965. The largest absolute Gasteiger partial charge is 0.347 e. The molecule has 0 atom stereocenters. The van der Waals surface area contributed by atoms with E-state index in [2.05, 4.69) is 31.7 Å². The van der Waals surface area contributed by atoms with Gasteiger partial charge in [-0.25, -0.2) is 9.97 Å². The fourth-order valence-corrected chi connectivity index (χ4v) is 2.34. The summed E-state index contributed by atoms with van der Waals surface area (Å²) in [6, 6.07) is 14.4. The molecule has 1 aromatic carbocycles. The zero-order valence-corrected chi connectivity index (χ0v) is 14.1. The van der Waals surface area contributed by atoms with Gasteiger partial charge >= 0.3 is 0 Å². The van der Waals surface area contributed by atoms with Crippen molar-refractivity contribution in [3.8, 4) is 6.07 Å². The molecule has 0 bridgehead atoms. The van der Waals surface area contributed by atoms with Crippen molar-refractivity contribution in [2.45, 2.75) is 13.5 Å². The predicted octanol–water partition coefficient (Wildman–Crippen LogP) is 2.73. The summed E-state index contributed by atoms with van der Waals surface area (Å²) in [6.07, 6.45) is 3.35. The van der Waals surface area contributed by atoms with Gasteiger partial charge in [0.1, 0.15) is 17.3 Å². The van der Waals surface area contributed by atoms with Gasteiger partial charge in [0, 0.05) is 30.7 Å². The maximum atomic E-state index is 12.4. The van der Waals surface area contributed by atoms with Crippen LogP contribution >= 0.6 is 0 Å². The highest BCUT2D eigenvalue weighted by molar-refractivity contribution is 5.93. The molecule has 0 saturated carbocycles. The average molecular weight is 344 g/mol. The van der Waals surface area contributed by atoms with Crippen molar-refractivity contribution in [1.82, 2.24) is 20.3 Å².